The van der Waals surface area contributed by atoms with Crippen LogP contribution < -0.4 is 4.90 Å². The summed E-state index contributed by atoms with van der Waals surface area (Å²) in [6.07, 6.45) is 0. The van der Waals surface area contributed by atoms with Crippen LogP contribution in [0.5, 0.6) is 0 Å². The molecule has 0 fully saturated rings. The summed E-state index contributed by atoms with van der Waals surface area (Å²) >= 11 is 0. The van der Waals surface area contributed by atoms with E-state index in [4.69, 9.17) is 0 Å². The Morgan fingerprint density at radius 3 is 1.26 bits per heavy atom. The van der Waals surface area contributed by atoms with Gasteiger partial charge in [-0.3, -0.25) is 0 Å². The molecule has 0 radical (unpaired) electrons. The highest BCUT2D eigenvalue weighted by atomic mass is 15.1. The lowest BCUT2D eigenvalue weighted by molar-refractivity contribution is 1.18. The van der Waals surface area contributed by atoms with Gasteiger partial charge in [0.25, 0.3) is 0 Å². The third-order valence-electron chi connectivity index (χ3n) is 13.7. The van der Waals surface area contributed by atoms with Crippen LogP contribution in [0.1, 0.15) is 0 Å². The van der Waals surface area contributed by atoms with E-state index in [2.05, 4.69) is 287 Å². The fourth-order valence-electron chi connectivity index (χ4n) is 10.6. The number of nitrogens with zero attached hydrogens (tertiary/aromatic N) is 3. The van der Waals surface area contributed by atoms with Gasteiger partial charge in [0.2, 0.25) is 0 Å². The van der Waals surface area contributed by atoms with Gasteiger partial charge >= 0.3 is 0 Å². The maximum atomic E-state index is 2.46. The molecule has 2 aromatic heterocycles. The van der Waals surface area contributed by atoms with Crippen molar-refractivity contribution in [3.63, 3.8) is 0 Å². The minimum absolute atomic E-state index is 1.06. The summed E-state index contributed by atoms with van der Waals surface area (Å²) in [4.78, 5) is 2.46. The molecule has 0 aliphatic rings. The number of rotatable bonds is 9. The predicted molar refractivity (Wildman–Crippen MR) is 292 cm³/mol. The molecule has 0 aliphatic carbocycles. The summed E-state index contributed by atoms with van der Waals surface area (Å²) in [5.74, 6) is 0. The van der Waals surface area contributed by atoms with Crippen LogP contribution in [-0.2, 0) is 0 Å². The molecule has 11 aromatic carbocycles. The smallest absolute Gasteiger partial charge is 0.0561 e. The van der Waals surface area contributed by atoms with E-state index in [1.807, 2.05) is 0 Å². The van der Waals surface area contributed by atoms with Gasteiger partial charge in [-0.25, -0.2) is 0 Å². The standard InChI is InChI=1S/C66H45N3/c1-4-19-48(20-5-1)54-25-10-11-29-60(54)66-55(49-21-6-2-7-22-49)30-18-34-64(66)67(53-43-44-59-58-28-14-17-33-63(58)69(65(59)45-53)50-23-8-3-9-24-50)51-39-35-46(36-40-51)47-37-41-52(42-38-47)68-61-31-15-12-26-56(61)57-27-13-16-32-62(57)68/h1-45H. The molecule has 13 aromatic rings. The quantitative estimate of drug-likeness (QED) is 0.141. The molecule has 3 nitrogen and oxygen atoms in total. The van der Waals surface area contributed by atoms with Crippen molar-refractivity contribution < 1.29 is 0 Å². The van der Waals surface area contributed by atoms with Crippen molar-refractivity contribution in [1.29, 1.82) is 0 Å². The molecule has 69 heavy (non-hydrogen) atoms. The summed E-state index contributed by atoms with van der Waals surface area (Å²) in [6.45, 7) is 0. The Hall–Kier alpha value is -9.18. The highest BCUT2D eigenvalue weighted by Crippen LogP contribution is 2.49. The summed E-state index contributed by atoms with van der Waals surface area (Å²) in [6, 6.07) is 99.2. The van der Waals surface area contributed by atoms with Crippen LogP contribution in [0.3, 0.4) is 0 Å². The van der Waals surface area contributed by atoms with E-state index < -0.39 is 0 Å². The maximum Gasteiger partial charge on any atom is 0.0561 e. The van der Waals surface area contributed by atoms with Crippen molar-refractivity contribution in [2.45, 2.75) is 0 Å². The number of hydrogen-bond acceptors (Lipinski definition) is 1. The molecule has 0 unspecified atom stereocenters. The topological polar surface area (TPSA) is 13.1 Å². The number of aromatic nitrogens is 2. The van der Waals surface area contributed by atoms with Gasteiger partial charge in [0.1, 0.15) is 0 Å². The molecule has 0 bridgehead atoms. The van der Waals surface area contributed by atoms with Crippen molar-refractivity contribution in [2.24, 2.45) is 0 Å². The molecule has 0 N–H and O–H groups in total. The average Bonchev–Trinajstić information content (AvgIpc) is 3.95. The molecule has 0 aliphatic heterocycles. The highest BCUT2D eigenvalue weighted by Gasteiger charge is 2.24. The minimum Gasteiger partial charge on any atom is -0.310 e. The zero-order chi connectivity index (χ0) is 45.7. The lowest BCUT2D eigenvalue weighted by Crippen LogP contribution is -2.12. The second-order valence-electron chi connectivity index (χ2n) is 17.7. The molecular weight excluding hydrogens is 835 g/mol. The van der Waals surface area contributed by atoms with E-state index in [-0.39, 0.29) is 0 Å². The molecule has 0 amide bonds. The van der Waals surface area contributed by atoms with Gasteiger partial charge in [-0.05, 0) is 112 Å². The number of anilines is 3. The Bertz CT molecular complexity index is 3930. The van der Waals surface area contributed by atoms with Crippen molar-refractivity contribution in [3.8, 4) is 55.9 Å². The predicted octanol–water partition coefficient (Wildman–Crippen LogP) is 18.0. The van der Waals surface area contributed by atoms with Gasteiger partial charge in [0, 0.05) is 49.9 Å². The van der Waals surface area contributed by atoms with Gasteiger partial charge in [-0.1, -0.05) is 200 Å². The molecule has 0 saturated carbocycles. The van der Waals surface area contributed by atoms with Crippen molar-refractivity contribution in [1.82, 2.24) is 9.13 Å². The first-order chi connectivity index (χ1) is 34.3. The minimum atomic E-state index is 1.06. The van der Waals surface area contributed by atoms with Crippen LogP contribution in [0.25, 0.3) is 99.5 Å². The van der Waals surface area contributed by atoms with Crippen molar-refractivity contribution >= 4 is 60.7 Å². The summed E-state index contributed by atoms with van der Waals surface area (Å²) in [5.41, 5.74) is 19.6. The summed E-state index contributed by atoms with van der Waals surface area (Å²) in [7, 11) is 0. The Balaban J connectivity index is 1.01. The van der Waals surface area contributed by atoms with E-state index in [1.165, 1.54) is 60.3 Å². The average molecular weight is 880 g/mol. The van der Waals surface area contributed by atoms with Gasteiger partial charge in [0.05, 0.1) is 27.8 Å². The second kappa shape index (κ2) is 16.9. The fourth-order valence-corrected chi connectivity index (χ4v) is 10.6. The van der Waals surface area contributed by atoms with Crippen LogP contribution >= 0.6 is 0 Å². The van der Waals surface area contributed by atoms with Gasteiger partial charge in [-0.2, -0.15) is 0 Å². The molecule has 324 valence electrons. The van der Waals surface area contributed by atoms with Crippen LogP contribution in [-0.4, -0.2) is 9.13 Å². The van der Waals surface area contributed by atoms with E-state index in [1.54, 1.807) is 0 Å². The van der Waals surface area contributed by atoms with E-state index in [0.717, 1.165) is 56.2 Å². The first-order valence-electron chi connectivity index (χ1n) is 23.7. The fraction of sp³-hybridized carbons (Fsp3) is 0. The van der Waals surface area contributed by atoms with Crippen LogP contribution in [0.15, 0.2) is 273 Å². The van der Waals surface area contributed by atoms with E-state index in [0.29, 0.717) is 0 Å². The van der Waals surface area contributed by atoms with Crippen molar-refractivity contribution in [3.05, 3.63) is 273 Å². The molecule has 0 saturated heterocycles. The van der Waals surface area contributed by atoms with Crippen molar-refractivity contribution in [2.75, 3.05) is 4.90 Å². The molecule has 13 rings (SSSR count). The normalized spacial score (nSPS) is 11.5. The SMILES string of the molecule is c1ccc(-c2ccccc2-c2c(-c3ccccc3)cccc2N(c2ccc(-c3ccc(-n4c5ccccc5c5ccccc54)cc3)cc2)c2ccc3c4ccccc4n(-c4ccccc4)c3c2)cc1. The number of benzene rings is 11. The Morgan fingerprint density at radius 2 is 0.667 bits per heavy atom. The lowest BCUT2D eigenvalue weighted by Gasteiger charge is -2.30. The maximum absolute atomic E-state index is 2.46. The molecule has 3 heteroatoms. The zero-order valence-electron chi connectivity index (χ0n) is 37.8. The first-order valence-corrected chi connectivity index (χ1v) is 23.7. The van der Waals surface area contributed by atoms with Gasteiger partial charge in [0.15, 0.2) is 0 Å². The largest absolute Gasteiger partial charge is 0.310 e. The zero-order valence-corrected chi connectivity index (χ0v) is 37.8. The second-order valence-corrected chi connectivity index (χ2v) is 17.7. The van der Waals surface area contributed by atoms with E-state index >= 15 is 0 Å². The van der Waals surface area contributed by atoms with Crippen LogP contribution in [0.2, 0.25) is 0 Å². The Kier molecular flexibility index (Phi) is 9.84. The summed E-state index contributed by atoms with van der Waals surface area (Å²) < 4.78 is 4.78. The molecular formula is C66H45N3. The first kappa shape index (κ1) is 40.1. The van der Waals surface area contributed by atoms with Gasteiger partial charge in [-0.15, -0.1) is 0 Å². The lowest BCUT2D eigenvalue weighted by atomic mass is 9.87. The Labute approximate surface area is 401 Å². The Morgan fingerprint density at radius 1 is 0.246 bits per heavy atom. The molecule has 2 heterocycles. The van der Waals surface area contributed by atoms with Crippen LogP contribution in [0.4, 0.5) is 17.1 Å². The third kappa shape index (κ3) is 6.91. The number of para-hydroxylation sites is 4. The highest BCUT2D eigenvalue weighted by molar-refractivity contribution is 6.11. The monoisotopic (exact) mass is 879 g/mol. The summed E-state index contributed by atoms with van der Waals surface area (Å²) in [5, 5.41) is 4.97. The third-order valence-corrected chi connectivity index (χ3v) is 13.7. The van der Waals surface area contributed by atoms with Gasteiger partial charge < -0.3 is 14.0 Å². The number of fused-ring (bicyclic) bond motifs is 6. The van der Waals surface area contributed by atoms with Crippen LogP contribution in [0, 0.1) is 0 Å². The van der Waals surface area contributed by atoms with E-state index in [9.17, 15) is 0 Å². The molecule has 0 atom stereocenters. The number of hydrogen-bond donors (Lipinski definition) is 0. The molecule has 0 spiro atoms.